The van der Waals surface area contributed by atoms with Gasteiger partial charge in [0.1, 0.15) is 21.5 Å². The molecule has 5 aromatic rings. The van der Waals surface area contributed by atoms with E-state index in [1.807, 2.05) is 60.7 Å². The van der Waals surface area contributed by atoms with Crippen LogP contribution in [0, 0.1) is 0 Å². The van der Waals surface area contributed by atoms with Crippen molar-refractivity contribution in [2.24, 2.45) is 0 Å². The van der Waals surface area contributed by atoms with Crippen LogP contribution in [0.4, 0.5) is 5.00 Å². The van der Waals surface area contributed by atoms with Crippen LogP contribution in [-0.2, 0) is 13.0 Å². The van der Waals surface area contributed by atoms with Crippen molar-refractivity contribution in [1.82, 2.24) is 9.88 Å². The minimum absolute atomic E-state index is 0. The molecule has 0 aliphatic carbocycles. The number of para-hydroxylation sites is 2. The van der Waals surface area contributed by atoms with E-state index in [0.29, 0.717) is 11.3 Å². The number of likely N-dealkylation sites (N-methyl/N-ethyl adjacent to an activating group) is 1. The first-order valence-electron chi connectivity index (χ1n) is 11.5. The number of fused-ring (bicyclic) bond motifs is 2. The number of ether oxygens (including phenoxy) is 1. The summed E-state index contributed by atoms with van der Waals surface area (Å²) in [5.41, 5.74) is 3.97. The molecule has 182 valence electrons. The fourth-order valence-electron chi connectivity index (χ4n) is 4.30. The van der Waals surface area contributed by atoms with E-state index in [1.165, 1.54) is 10.4 Å². The molecule has 0 saturated heterocycles. The average Bonchev–Trinajstić information content (AvgIpc) is 3.45. The number of anilines is 1. The number of nitrogens with one attached hydrogen (secondary N) is 1. The van der Waals surface area contributed by atoms with Gasteiger partial charge in [-0.05, 0) is 67.6 Å². The van der Waals surface area contributed by atoms with Crippen LogP contribution in [0.3, 0.4) is 0 Å². The number of halogens is 1. The van der Waals surface area contributed by atoms with Crippen molar-refractivity contribution < 1.29 is 9.53 Å². The van der Waals surface area contributed by atoms with Crippen LogP contribution in [0.25, 0.3) is 20.8 Å². The summed E-state index contributed by atoms with van der Waals surface area (Å²) in [7, 11) is 2.14. The van der Waals surface area contributed by atoms with Gasteiger partial charge in [-0.2, -0.15) is 0 Å². The van der Waals surface area contributed by atoms with Gasteiger partial charge in [-0.25, -0.2) is 4.98 Å². The molecule has 3 heterocycles. The minimum Gasteiger partial charge on any atom is -0.457 e. The van der Waals surface area contributed by atoms with Gasteiger partial charge in [0.05, 0.1) is 10.2 Å². The highest BCUT2D eigenvalue weighted by Crippen LogP contribution is 2.45. The molecule has 0 atom stereocenters. The first kappa shape index (κ1) is 24.5. The van der Waals surface area contributed by atoms with Gasteiger partial charge >= 0.3 is 0 Å². The normalized spacial score (nSPS) is 13.1. The lowest BCUT2D eigenvalue weighted by Crippen LogP contribution is -2.25. The maximum absolute atomic E-state index is 13.2. The zero-order chi connectivity index (χ0) is 23.8. The molecule has 0 bridgehead atoms. The summed E-state index contributed by atoms with van der Waals surface area (Å²) in [5, 5.41) is 5.04. The molecular formula is C28H24ClN3O2S2. The Labute approximate surface area is 223 Å². The van der Waals surface area contributed by atoms with Gasteiger partial charge in [0.15, 0.2) is 0 Å². The van der Waals surface area contributed by atoms with Crippen molar-refractivity contribution in [1.29, 1.82) is 0 Å². The number of thiazole rings is 1. The molecule has 0 saturated carbocycles. The molecular weight excluding hydrogens is 510 g/mol. The predicted molar refractivity (Wildman–Crippen MR) is 151 cm³/mol. The molecule has 1 aliphatic heterocycles. The third kappa shape index (κ3) is 4.88. The summed E-state index contributed by atoms with van der Waals surface area (Å²) >= 11 is 3.35. The summed E-state index contributed by atoms with van der Waals surface area (Å²) < 4.78 is 7.02. The van der Waals surface area contributed by atoms with Gasteiger partial charge in [-0.3, -0.25) is 4.79 Å². The molecule has 2 aromatic heterocycles. The summed E-state index contributed by atoms with van der Waals surface area (Å²) in [6, 6.07) is 25.0. The van der Waals surface area contributed by atoms with E-state index in [9.17, 15) is 4.79 Å². The second kappa shape index (κ2) is 10.4. The van der Waals surface area contributed by atoms with Gasteiger partial charge in [0, 0.05) is 29.1 Å². The second-order valence-corrected chi connectivity index (χ2v) is 10.7. The largest absolute Gasteiger partial charge is 0.457 e. The average molecular weight is 534 g/mol. The van der Waals surface area contributed by atoms with Crippen molar-refractivity contribution in [3.8, 4) is 22.1 Å². The Bertz CT molecular complexity index is 1480. The maximum Gasteiger partial charge on any atom is 0.256 e. The number of carbonyl (C=O) groups excluding carboxylic acids is 1. The Morgan fingerprint density at radius 3 is 2.44 bits per heavy atom. The van der Waals surface area contributed by atoms with Crippen LogP contribution >= 0.6 is 35.1 Å². The Balaban J connectivity index is 0.00000267. The summed E-state index contributed by atoms with van der Waals surface area (Å²) in [5.74, 6) is 1.32. The van der Waals surface area contributed by atoms with Crippen LogP contribution in [0.1, 0.15) is 20.8 Å². The molecule has 0 radical (unpaired) electrons. The smallest absolute Gasteiger partial charge is 0.256 e. The zero-order valence-corrected chi connectivity index (χ0v) is 22.0. The zero-order valence-electron chi connectivity index (χ0n) is 19.6. The maximum atomic E-state index is 13.2. The topological polar surface area (TPSA) is 54.5 Å². The fourth-order valence-corrected chi connectivity index (χ4v) is 6.73. The van der Waals surface area contributed by atoms with Gasteiger partial charge in [0.2, 0.25) is 0 Å². The number of amides is 1. The lowest BCUT2D eigenvalue weighted by molar-refractivity contribution is 0.102. The molecule has 0 spiro atoms. The van der Waals surface area contributed by atoms with Crippen molar-refractivity contribution in [2.45, 2.75) is 13.0 Å². The van der Waals surface area contributed by atoms with Crippen molar-refractivity contribution in [2.75, 3.05) is 18.9 Å². The molecule has 0 unspecified atom stereocenters. The number of aromatic nitrogens is 1. The van der Waals surface area contributed by atoms with E-state index in [-0.39, 0.29) is 18.3 Å². The standard InChI is InChI=1S/C28H23N3O2S2.ClH/c1-31-16-15-21-24(17-31)35-28(25(21)27-29-22-9-5-6-10-23(22)34-27)30-26(32)18-11-13-20(14-12-18)33-19-7-3-2-4-8-19;/h2-14H,15-17H2,1H3,(H,30,32);1H. The molecule has 5 nitrogen and oxygen atoms in total. The van der Waals surface area contributed by atoms with E-state index in [1.54, 1.807) is 34.8 Å². The predicted octanol–water partition coefficient (Wildman–Crippen LogP) is 7.48. The monoisotopic (exact) mass is 533 g/mol. The molecule has 36 heavy (non-hydrogen) atoms. The molecule has 1 aliphatic rings. The molecule has 1 amide bonds. The first-order valence-corrected chi connectivity index (χ1v) is 13.1. The number of carbonyl (C=O) groups is 1. The highest BCUT2D eigenvalue weighted by molar-refractivity contribution is 7.23. The third-order valence-corrected chi connectivity index (χ3v) is 8.26. The van der Waals surface area contributed by atoms with Crippen molar-refractivity contribution >= 4 is 56.2 Å². The quantitative estimate of drug-likeness (QED) is 0.254. The number of rotatable bonds is 5. The number of nitrogens with zero attached hydrogens (tertiary/aromatic N) is 2. The summed E-state index contributed by atoms with van der Waals surface area (Å²) in [6.45, 7) is 1.89. The minimum atomic E-state index is -0.134. The van der Waals surface area contributed by atoms with Crippen molar-refractivity contribution in [3.63, 3.8) is 0 Å². The van der Waals surface area contributed by atoms with E-state index < -0.39 is 0 Å². The summed E-state index contributed by atoms with van der Waals surface area (Å²) in [6.07, 6.45) is 0.953. The number of benzene rings is 3. The molecule has 0 fully saturated rings. The number of hydrogen-bond donors (Lipinski definition) is 1. The van der Waals surface area contributed by atoms with Crippen LogP contribution in [0.5, 0.6) is 11.5 Å². The van der Waals surface area contributed by atoms with Crippen LogP contribution in [0.2, 0.25) is 0 Å². The van der Waals surface area contributed by atoms with Crippen LogP contribution in [0.15, 0.2) is 78.9 Å². The highest BCUT2D eigenvalue weighted by atomic mass is 35.5. The van der Waals surface area contributed by atoms with E-state index in [0.717, 1.165) is 51.0 Å². The first-order chi connectivity index (χ1) is 17.1. The molecule has 6 rings (SSSR count). The second-order valence-electron chi connectivity index (χ2n) is 8.58. The van der Waals surface area contributed by atoms with E-state index in [2.05, 4.69) is 23.3 Å². The fraction of sp³-hybridized carbons (Fsp3) is 0.143. The van der Waals surface area contributed by atoms with Gasteiger partial charge in [-0.15, -0.1) is 35.1 Å². The van der Waals surface area contributed by atoms with Crippen LogP contribution in [-0.4, -0.2) is 29.4 Å². The lowest BCUT2D eigenvalue weighted by atomic mass is 10.0. The molecule has 8 heteroatoms. The Kier molecular flexibility index (Phi) is 7.07. The molecule has 3 aromatic carbocycles. The highest BCUT2D eigenvalue weighted by Gasteiger charge is 2.27. The third-order valence-electron chi connectivity index (χ3n) is 6.08. The van der Waals surface area contributed by atoms with E-state index >= 15 is 0 Å². The van der Waals surface area contributed by atoms with Crippen molar-refractivity contribution in [3.05, 3.63) is 94.9 Å². The lowest BCUT2D eigenvalue weighted by Gasteiger charge is -2.22. The number of thiophene rings is 1. The summed E-state index contributed by atoms with van der Waals surface area (Å²) in [4.78, 5) is 21.8. The Morgan fingerprint density at radius 1 is 0.944 bits per heavy atom. The van der Waals surface area contributed by atoms with Gasteiger partial charge in [0.25, 0.3) is 5.91 Å². The number of hydrogen-bond acceptors (Lipinski definition) is 6. The van der Waals surface area contributed by atoms with E-state index in [4.69, 9.17) is 9.72 Å². The van der Waals surface area contributed by atoms with Gasteiger partial charge in [-0.1, -0.05) is 30.3 Å². The van der Waals surface area contributed by atoms with Crippen LogP contribution < -0.4 is 10.1 Å². The Morgan fingerprint density at radius 2 is 1.67 bits per heavy atom. The SMILES string of the molecule is CN1CCc2c(sc(NC(=O)c3ccc(Oc4ccccc4)cc3)c2-c2nc3ccccc3s2)C1.Cl. The Hall–Kier alpha value is -3.23. The molecule has 1 N–H and O–H groups in total. The van der Waals surface area contributed by atoms with Gasteiger partial charge < -0.3 is 15.0 Å².